The molecular formula is C25H34N6O2. The van der Waals surface area contributed by atoms with E-state index in [4.69, 9.17) is 9.47 Å². The van der Waals surface area contributed by atoms with Gasteiger partial charge in [-0.1, -0.05) is 26.0 Å². The van der Waals surface area contributed by atoms with Gasteiger partial charge in [-0.2, -0.15) is 0 Å². The summed E-state index contributed by atoms with van der Waals surface area (Å²) in [5, 5.41) is 12.9. The Labute approximate surface area is 196 Å². The van der Waals surface area contributed by atoms with Crippen molar-refractivity contribution in [2.45, 2.75) is 32.9 Å². The minimum Gasteiger partial charge on any atom is -0.497 e. The van der Waals surface area contributed by atoms with E-state index < -0.39 is 0 Å². The zero-order valence-corrected chi connectivity index (χ0v) is 20.0. The Hall–Kier alpha value is -3.13. The van der Waals surface area contributed by atoms with Crippen molar-refractivity contribution in [1.82, 2.24) is 25.1 Å². The highest BCUT2D eigenvalue weighted by Gasteiger charge is 2.30. The van der Waals surface area contributed by atoms with E-state index in [1.165, 1.54) is 5.69 Å². The Kier molecular flexibility index (Phi) is 7.44. The number of tetrazole rings is 1. The second kappa shape index (κ2) is 10.7. The third kappa shape index (κ3) is 5.63. The maximum absolute atomic E-state index is 5.29. The van der Waals surface area contributed by atoms with Gasteiger partial charge in [0, 0.05) is 31.9 Å². The van der Waals surface area contributed by atoms with Crippen molar-refractivity contribution < 1.29 is 9.47 Å². The van der Waals surface area contributed by atoms with Gasteiger partial charge in [0.15, 0.2) is 5.82 Å². The van der Waals surface area contributed by atoms with Crippen molar-refractivity contribution in [3.63, 3.8) is 0 Å². The smallest absolute Gasteiger partial charge is 0.168 e. The normalized spacial score (nSPS) is 15.6. The quantitative estimate of drug-likeness (QED) is 0.493. The van der Waals surface area contributed by atoms with Crippen LogP contribution < -0.4 is 14.4 Å². The SMILES string of the molecule is COc1ccc(Cn2nnnc2C(CC(C)C)N2CCN(c3ccc(OC)cc3)CC2)cc1. The molecule has 0 N–H and O–H groups in total. The average Bonchev–Trinajstić information content (AvgIpc) is 3.31. The Morgan fingerprint density at radius 1 is 0.848 bits per heavy atom. The minimum atomic E-state index is 0.191. The molecule has 1 fully saturated rings. The van der Waals surface area contributed by atoms with Gasteiger partial charge in [-0.05, 0) is 64.7 Å². The molecule has 0 aliphatic carbocycles. The zero-order valence-electron chi connectivity index (χ0n) is 20.0. The first-order valence-corrected chi connectivity index (χ1v) is 11.6. The summed E-state index contributed by atoms with van der Waals surface area (Å²) >= 11 is 0. The lowest BCUT2D eigenvalue weighted by Crippen LogP contribution is -2.48. The largest absolute Gasteiger partial charge is 0.497 e. The van der Waals surface area contributed by atoms with Crippen LogP contribution in [0.3, 0.4) is 0 Å². The molecule has 0 spiro atoms. The van der Waals surface area contributed by atoms with Gasteiger partial charge in [-0.15, -0.1) is 5.10 Å². The summed E-state index contributed by atoms with van der Waals surface area (Å²) in [4.78, 5) is 4.97. The molecular weight excluding hydrogens is 416 g/mol. The van der Waals surface area contributed by atoms with E-state index in [0.29, 0.717) is 12.5 Å². The van der Waals surface area contributed by atoms with E-state index in [-0.39, 0.29) is 6.04 Å². The second-order valence-corrected chi connectivity index (χ2v) is 8.91. The van der Waals surface area contributed by atoms with Crippen LogP contribution in [0.1, 0.15) is 37.7 Å². The molecule has 0 saturated carbocycles. The molecule has 1 unspecified atom stereocenters. The van der Waals surface area contributed by atoms with Crippen LogP contribution in [0.5, 0.6) is 11.5 Å². The fourth-order valence-electron chi connectivity index (χ4n) is 4.42. The molecule has 0 bridgehead atoms. The Morgan fingerprint density at radius 2 is 1.45 bits per heavy atom. The summed E-state index contributed by atoms with van der Waals surface area (Å²) in [6, 6.07) is 16.6. The molecule has 1 saturated heterocycles. The predicted octanol–water partition coefficient (Wildman–Crippen LogP) is 3.65. The number of hydrogen-bond acceptors (Lipinski definition) is 7. The van der Waals surface area contributed by atoms with Crippen molar-refractivity contribution in [3.8, 4) is 11.5 Å². The lowest BCUT2D eigenvalue weighted by atomic mass is 10.0. The number of methoxy groups -OCH3 is 2. The first-order valence-electron chi connectivity index (χ1n) is 11.6. The highest BCUT2D eigenvalue weighted by atomic mass is 16.5. The minimum absolute atomic E-state index is 0.191. The van der Waals surface area contributed by atoms with Crippen molar-refractivity contribution in [1.29, 1.82) is 0 Å². The van der Waals surface area contributed by atoms with E-state index in [1.807, 2.05) is 28.9 Å². The summed E-state index contributed by atoms with van der Waals surface area (Å²) in [7, 11) is 3.38. The number of piperazine rings is 1. The highest BCUT2D eigenvalue weighted by Crippen LogP contribution is 2.29. The third-order valence-corrected chi connectivity index (χ3v) is 6.24. The van der Waals surface area contributed by atoms with Crippen LogP contribution in [0.4, 0.5) is 5.69 Å². The van der Waals surface area contributed by atoms with Crippen molar-refractivity contribution in [2.75, 3.05) is 45.3 Å². The van der Waals surface area contributed by atoms with E-state index in [1.54, 1.807) is 14.2 Å². The molecule has 33 heavy (non-hydrogen) atoms. The topological polar surface area (TPSA) is 68.5 Å². The molecule has 1 aliphatic rings. The number of ether oxygens (including phenoxy) is 2. The van der Waals surface area contributed by atoms with E-state index >= 15 is 0 Å². The maximum atomic E-state index is 5.29. The van der Waals surface area contributed by atoms with Crippen LogP contribution in [0.15, 0.2) is 48.5 Å². The summed E-state index contributed by atoms with van der Waals surface area (Å²) in [5.74, 6) is 3.22. The van der Waals surface area contributed by atoms with Crippen LogP contribution in [-0.2, 0) is 6.54 Å². The first-order chi connectivity index (χ1) is 16.1. The highest BCUT2D eigenvalue weighted by molar-refractivity contribution is 5.49. The molecule has 1 aliphatic heterocycles. The molecule has 1 atom stereocenters. The van der Waals surface area contributed by atoms with Crippen LogP contribution in [-0.4, -0.2) is 65.5 Å². The Bertz CT molecular complexity index is 994. The van der Waals surface area contributed by atoms with Gasteiger partial charge in [0.1, 0.15) is 11.5 Å². The summed E-state index contributed by atoms with van der Waals surface area (Å²) < 4.78 is 12.5. The molecule has 4 rings (SSSR count). The molecule has 3 aromatic rings. The molecule has 8 nitrogen and oxygen atoms in total. The Balaban J connectivity index is 1.47. The molecule has 176 valence electrons. The van der Waals surface area contributed by atoms with Crippen molar-refractivity contribution >= 4 is 5.69 Å². The molecule has 2 heterocycles. The fourth-order valence-corrected chi connectivity index (χ4v) is 4.42. The lowest BCUT2D eigenvalue weighted by Gasteiger charge is -2.40. The van der Waals surface area contributed by atoms with E-state index in [2.05, 4.69) is 63.4 Å². The van der Waals surface area contributed by atoms with Gasteiger partial charge < -0.3 is 14.4 Å². The van der Waals surface area contributed by atoms with Gasteiger partial charge >= 0.3 is 0 Å². The van der Waals surface area contributed by atoms with Gasteiger partial charge in [0.05, 0.1) is 26.8 Å². The van der Waals surface area contributed by atoms with Crippen LogP contribution in [0.2, 0.25) is 0 Å². The third-order valence-electron chi connectivity index (χ3n) is 6.24. The van der Waals surface area contributed by atoms with Crippen LogP contribution in [0, 0.1) is 5.92 Å². The first kappa shape index (κ1) is 23.0. The fraction of sp³-hybridized carbons (Fsp3) is 0.480. The van der Waals surface area contributed by atoms with Crippen molar-refractivity contribution in [2.24, 2.45) is 5.92 Å². The molecule has 8 heteroatoms. The monoisotopic (exact) mass is 450 g/mol. The summed E-state index contributed by atoms with van der Waals surface area (Å²) in [5.41, 5.74) is 2.39. The predicted molar refractivity (Wildman–Crippen MR) is 129 cm³/mol. The maximum Gasteiger partial charge on any atom is 0.168 e. The second-order valence-electron chi connectivity index (χ2n) is 8.91. The standard InChI is InChI=1S/C25H34N6O2/c1-19(2)17-24(25-26-27-28-31(25)18-20-5-9-22(32-3)10-6-20)30-15-13-29(14-16-30)21-7-11-23(33-4)12-8-21/h5-12,19,24H,13-18H2,1-4H3. The number of aromatic nitrogens is 4. The lowest BCUT2D eigenvalue weighted by molar-refractivity contribution is 0.153. The molecule has 0 amide bonds. The molecule has 1 aromatic heterocycles. The van der Waals surface area contributed by atoms with E-state index in [0.717, 1.165) is 55.5 Å². The van der Waals surface area contributed by atoms with Gasteiger partial charge in [0.2, 0.25) is 0 Å². The van der Waals surface area contributed by atoms with Crippen LogP contribution >= 0.6 is 0 Å². The molecule has 0 radical (unpaired) electrons. The number of hydrogen-bond donors (Lipinski definition) is 0. The summed E-state index contributed by atoms with van der Waals surface area (Å²) in [6.45, 7) is 9.06. The van der Waals surface area contributed by atoms with Gasteiger partial charge in [-0.25, -0.2) is 4.68 Å². The Morgan fingerprint density at radius 3 is 2.03 bits per heavy atom. The van der Waals surface area contributed by atoms with E-state index in [9.17, 15) is 0 Å². The number of rotatable bonds is 9. The molecule has 2 aromatic carbocycles. The van der Waals surface area contributed by atoms with Gasteiger partial charge in [-0.3, -0.25) is 4.90 Å². The zero-order chi connectivity index (χ0) is 23.2. The number of nitrogens with zero attached hydrogens (tertiary/aromatic N) is 6. The average molecular weight is 451 g/mol. The van der Waals surface area contributed by atoms with Crippen molar-refractivity contribution in [3.05, 3.63) is 59.9 Å². The van der Waals surface area contributed by atoms with Crippen LogP contribution in [0.25, 0.3) is 0 Å². The van der Waals surface area contributed by atoms with Gasteiger partial charge in [0.25, 0.3) is 0 Å². The summed E-state index contributed by atoms with van der Waals surface area (Å²) in [6.07, 6.45) is 1.02. The number of anilines is 1. The number of benzene rings is 2.